The van der Waals surface area contributed by atoms with Gasteiger partial charge in [-0.15, -0.1) is 0 Å². The van der Waals surface area contributed by atoms with Gasteiger partial charge in [0.25, 0.3) is 0 Å². The van der Waals surface area contributed by atoms with Gasteiger partial charge in [-0.05, 0) is 197 Å². The van der Waals surface area contributed by atoms with E-state index in [1.165, 1.54) is 82.8 Å². The van der Waals surface area contributed by atoms with Gasteiger partial charge in [0.15, 0.2) is 0 Å². The number of carbonyl (C=O) groups excluding carboxylic acids is 16. The highest BCUT2D eigenvalue weighted by molar-refractivity contribution is 6.03. The molecule has 6 rings (SSSR count). The lowest BCUT2D eigenvalue weighted by Gasteiger charge is -2.42. The molecule has 1 unspecified atom stereocenters. The summed E-state index contributed by atoms with van der Waals surface area (Å²) in [5.74, 6) is -8.20. The van der Waals surface area contributed by atoms with Crippen molar-refractivity contribution in [3.8, 4) is 0 Å². The Bertz CT molecular complexity index is 3620. The number of amides is 16. The summed E-state index contributed by atoms with van der Waals surface area (Å²) in [7, 11) is 0. The molecule has 0 aromatic rings. The molecule has 16 amide bonds. The van der Waals surface area contributed by atoms with E-state index in [4.69, 9.17) is 0 Å². The highest BCUT2D eigenvalue weighted by Gasteiger charge is 2.54. The van der Waals surface area contributed by atoms with E-state index >= 15 is 0 Å². The molecular weight excluding hydrogens is 1470 g/mol. The van der Waals surface area contributed by atoms with Gasteiger partial charge in [0.1, 0.15) is 75.5 Å². The van der Waals surface area contributed by atoms with Crippen molar-refractivity contribution < 1.29 is 81.3 Å². The molecule has 1 saturated carbocycles. The Kier molecular flexibility index (Phi) is 32.6. The molecular formula is C80H135N18O16+. The van der Waals surface area contributed by atoms with Crippen LogP contribution in [0.1, 0.15) is 247 Å². The number of piperidine rings is 3. The summed E-state index contributed by atoms with van der Waals surface area (Å²) in [6.07, 6.45) is 9.14. The highest BCUT2D eigenvalue weighted by Crippen LogP contribution is 2.37. The SMILES string of the molecule is CC(=O)N1CCCC[C@H]1C(=O)NC(C)(C)C(=O)N1CCCCC1C(=O)NC(C)(C)C(=O)NC(C)(C)C(=O)N[C@@H](CC(C)C)C(=O)NCCC(=O)NCC(=O)NC1(C(=O)NC(C)(C)C(=O)N2CCCC[C@H]2C(=O)NC(C)(C)C(=O)NCC(=O)N[C@@H](CC(C)C)C(=O)NC(C)(C)C(=O)N[C@@H](CC(C)C)CN2CCC[N+]3=C2CCC3)CC1. The molecule has 3 saturated heterocycles. The van der Waals surface area contributed by atoms with Crippen LogP contribution in [0.2, 0.25) is 0 Å². The molecule has 34 heteroatoms. The number of hydrogen-bond donors (Lipinski definition) is 13. The Hall–Kier alpha value is -9.01. The first-order valence-electron chi connectivity index (χ1n) is 41.2. The summed E-state index contributed by atoms with van der Waals surface area (Å²) in [6.45, 7) is 34.0. The number of nitrogens with one attached hydrogen (secondary N) is 13. The van der Waals surface area contributed by atoms with Crippen LogP contribution in [0.3, 0.4) is 0 Å². The predicted molar refractivity (Wildman–Crippen MR) is 425 cm³/mol. The Morgan fingerprint density at radius 1 is 0.430 bits per heavy atom. The Morgan fingerprint density at radius 2 is 0.877 bits per heavy atom. The van der Waals surface area contributed by atoms with E-state index in [-0.39, 0.29) is 94.3 Å². The minimum atomic E-state index is -1.66. The average Bonchev–Trinajstić information content (AvgIpc) is 1.55. The van der Waals surface area contributed by atoms with Crippen molar-refractivity contribution in [2.45, 2.75) is 322 Å². The summed E-state index contributed by atoms with van der Waals surface area (Å²) in [4.78, 5) is 227. The standard InChI is InChI=1S/C80H134N18O16/c1-48(2)42-52(47-95-38-27-37-94-36-26-31-61(94)95)84-68(109)75(10,11)88-63(104)54(44-50(5)6)85-59(101)45-83-67(108)74(8,9)89-65(106)56-29-22-25-41-98(56)73(114)79(18,19)93-71(112)80(33-34-80)87-60(102)46-82-58(100)32-35-81-62(103)53(43-49(3)4)86-69(110)76(12,13)92-70(111)77(14,15)90-66(107)57-30-21-24-40-97(57)72(113)78(16,17)91-64(105)55-28-20-23-39-96(55)51(7)99/h48-50,52-57H,20-47H2,1-19H3,(H12-,81,82,83,84,85,86,87,88,89,90,91,92,93,100,101,102,103,104,105,106,107,108,109,110,111,112)/p+1/t52-,53-,54-,55-,56-,57?/m0/s1. The Labute approximate surface area is 672 Å². The molecule has 4 fully saturated rings. The lowest BCUT2D eigenvalue weighted by Crippen LogP contribution is -2.67. The van der Waals surface area contributed by atoms with Crippen LogP contribution < -0.4 is 69.1 Å². The van der Waals surface area contributed by atoms with Gasteiger partial charge < -0.3 is 83.8 Å². The molecule has 0 aromatic heterocycles. The van der Waals surface area contributed by atoms with E-state index in [0.29, 0.717) is 51.1 Å². The zero-order valence-electron chi connectivity index (χ0n) is 71.3. The first-order valence-corrected chi connectivity index (χ1v) is 41.2. The van der Waals surface area contributed by atoms with Crippen LogP contribution in [-0.2, 0) is 76.7 Å². The Balaban J connectivity index is 0.928. The second-order valence-electron chi connectivity index (χ2n) is 36.5. The van der Waals surface area contributed by atoms with Gasteiger partial charge >= 0.3 is 0 Å². The smallest absolute Gasteiger partial charge is 0.248 e. The minimum Gasteiger partial charge on any atom is -0.354 e. The number of carbonyl (C=O) groups is 16. The molecule has 5 heterocycles. The van der Waals surface area contributed by atoms with Gasteiger partial charge in [0.05, 0.1) is 45.2 Å². The molecule has 0 spiro atoms. The van der Waals surface area contributed by atoms with Crippen molar-refractivity contribution in [3.05, 3.63) is 0 Å². The van der Waals surface area contributed by atoms with Crippen molar-refractivity contribution in [2.24, 2.45) is 17.8 Å². The monoisotopic (exact) mass is 1600 g/mol. The second kappa shape index (κ2) is 39.6. The first kappa shape index (κ1) is 93.8. The van der Waals surface area contributed by atoms with Gasteiger partial charge in [0.2, 0.25) is 100 Å². The average molecular weight is 1610 g/mol. The number of rotatable bonds is 37. The fourth-order valence-electron chi connectivity index (χ4n) is 15.3. The van der Waals surface area contributed by atoms with E-state index in [1.54, 1.807) is 27.7 Å². The number of likely N-dealkylation sites (tertiary alicyclic amines) is 3. The molecule has 0 aromatic carbocycles. The number of hydrogen-bond acceptors (Lipinski definition) is 17. The number of amidine groups is 1. The molecule has 6 aliphatic rings. The maximum absolute atomic E-state index is 14.4. The van der Waals surface area contributed by atoms with Gasteiger partial charge in [0, 0.05) is 45.9 Å². The van der Waals surface area contributed by atoms with Crippen LogP contribution in [0.5, 0.6) is 0 Å². The van der Waals surface area contributed by atoms with Crippen LogP contribution in [0.15, 0.2) is 0 Å². The van der Waals surface area contributed by atoms with Gasteiger partial charge in [-0.2, -0.15) is 0 Å². The van der Waals surface area contributed by atoms with Crippen LogP contribution in [0, 0.1) is 17.8 Å². The lowest BCUT2D eigenvalue weighted by molar-refractivity contribution is -0.530. The topological polar surface area (TPSA) is 445 Å². The molecule has 114 heavy (non-hydrogen) atoms. The summed E-state index contributed by atoms with van der Waals surface area (Å²) >= 11 is 0. The van der Waals surface area contributed by atoms with E-state index in [0.717, 1.165) is 58.2 Å². The fourth-order valence-corrected chi connectivity index (χ4v) is 15.3. The molecule has 0 radical (unpaired) electrons. The van der Waals surface area contributed by atoms with Crippen molar-refractivity contribution in [3.63, 3.8) is 0 Å². The van der Waals surface area contributed by atoms with Crippen molar-refractivity contribution in [1.29, 1.82) is 0 Å². The molecule has 13 N–H and O–H groups in total. The zero-order valence-corrected chi connectivity index (χ0v) is 71.3. The molecule has 640 valence electrons. The number of nitrogens with zero attached hydrogens (tertiary/aromatic N) is 5. The summed E-state index contributed by atoms with van der Waals surface area (Å²) in [5.41, 5.74) is -10.8. The molecule has 5 aliphatic heterocycles. The van der Waals surface area contributed by atoms with Crippen molar-refractivity contribution in [1.82, 2.24) is 88.7 Å². The largest absolute Gasteiger partial charge is 0.354 e. The Morgan fingerprint density at radius 3 is 1.39 bits per heavy atom. The quantitative estimate of drug-likeness (QED) is 0.0375. The summed E-state index contributed by atoms with van der Waals surface area (Å²) in [5, 5.41) is 35.6. The van der Waals surface area contributed by atoms with Crippen LogP contribution in [-0.4, -0.2) is 265 Å². The molecule has 0 bridgehead atoms. The van der Waals surface area contributed by atoms with E-state index < -0.39 is 165 Å². The zero-order chi connectivity index (χ0) is 85.4. The van der Waals surface area contributed by atoms with E-state index in [1.807, 2.05) is 27.7 Å². The molecule has 1 aliphatic carbocycles. The first-order chi connectivity index (χ1) is 52.9. The van der Waals surface area contributed by atoms with Crippen molar-refractivity contribution in [2.75, 3.05) is 65.4 Å². The van der Waals surface area contributed by atoms with Crippen LogP contribution in [0.25, 0.3) is 0 Å². The van der Waals surface area contributed by atoms with Gasteiger partial charge in [-0.3, -0.25) is 86.2 Å². The van der Waals surface area contributed by atoms with Gasteiger partial charge in [-0.25, -0.2) is 0 Å². The summed E-state index contributed by atoms with van der Waals surface area (Å²) in [6, 6.07) is -5.17. The third-order valence-electron chi connectivity index (χ3n) is 22.0. The van der Waals surface area contributed by atoms with E-state index in [2.05, 4.69) is 92.4 Å². The van der Waals surface area contributed by atoms with E-state index in [9.17, 15) is 76.7 Å². The molecule has 34 nitrogen and oxygen atoms in total. The van der Waals surface area contributed by atoms with Gasteiger partial charge in [-0.1, -0.05) is 41.5 Å². The highest BCUT2D eigenvalue weighted by atomic mass is 16.2. The maximum atomic E-state index is 14.4. The second-order valence-corrected chi connectivity index (χ2v) is 36.5. The lowest BCUT2D eigenvalue weighted by atomic mass is 9.93. The minimum absolute atomic E-state index is 0.0571. The fraction of sp³-hybridized carbons (Fsp3) is 0.787. The van der Waals surface area contributed by atoms with Crippen LogP contribution >= 0.6 is 0 Å². The van der Waals surface area contributed by atoms with Crippen molar-refractivity contribution >= 4 is 100 Å². The third-order valence-corrected chi connectivity index (χ3v) is 22.0. The molecule has 6 atom stereocenters. The van der Waals surface area contributed by atoms with Crippen LogP contribution in [0.4, 0.5) is 0 Å². The normalized spacial score (nSPS) is 19.5. The summed E-state index contributed by atoms with van der Waals surface area (Å²) < 4.78 is 2.43. The maximum Gasteiger partial charge on any atom is 0.248 e. The predicted octanol–water partition coefficient (Wildman–Crippen LogP) is 0.409. The third kappa shape index (κ3) is 26.3.